The van der Waals surface area contributed by atoms with Gasteiger partial charge in [0, 0.05) is 17.5 Å². The van der Waals surface area contributed by atoms with E-state index in [1.54, 1.807) is 0 Å². The summed E-state index contributed by atoms with van der Waals surface area (Å²) in [7, 11) is 0. The van der Waals surface area contributed by atoms with Crippen LogP contribution in [0.1, 0.15) is 24.5 Å². The Bertz CT molecular complexity index is 851. The molecule has 120 valence electrons. The van der Waals surface area contributed by atoms with Crippen molar-refractivity contribution in [3.63, 3.8) is 0 Å². The van der Waals surface area contributed by atoms with Crippen LogP contribution in [0.2, 0.25) is 0 Å². The number of nitrogens with zero attached hydrogens (tertiary/aromatic N) is 2. The Morgan fingerprint density at radius 1 is 1.04 bits per heavy atom. The van der Waals surface area contributed by atoms with Gasteiger partial charge in [0.25, 0.3) is 0 Å². The highest BCUT2D eigenvalue weighted by molar-refractivity contribution is 6.52. The van der Waals surface area contributed by atoms with Crippen molar-refractivity contribution >= 4 is 11.4 Å². The molecular formula is C21H20N2O. The van der Waals surface area contributed by atoms with Gasteiger partial charge in [0.2, 0.25) is 0 Å². The lowest BCUT2D eigenvalue weighted by Gasteiger charge is -2.42. The van der Waals surface area contributed by atoms with Gasteiger partial charge in [-0.3, -0.25) is 9.98 Å². The van der Waals surface area contributed by atoms with Gasteiger partial charge < -0.3 is 4.74 Å². The lowest BCUT2D eigenvalue weighted by Crippen LogP contribution is -2.50. The van der Waals surface area contributed by atoms with Crippen molar-refractivity contribution in [3.8, 4) is 5.75 Å². The van der Waals surface area contributed by atoms with Crippen molar-refractivity contribution in [3.05, 3.63) is 77.9 Å². The third-order valence-corrected chi connectivity index (χ3v) is 4.46. The second-order valence-electron chi connectivity index (χ2n) is 6.39. The second-order valence-corrected chi connectivity index (χ2v) is 6.39. The summed E-state index contributed by atoms with van der Waals surface area (Å²) in [5, 5.41) is 0. The van der Waals surface area contributed by atoms with Crippen LogP contribution in [0.4, 0.5) is 0 Å². The molecule has 4 rings (SSSR count). The Morgan fingerprint density at radius 3 is 2.54 bits per heavy atom. The zero-order valence-electron chi connectivity index (χ0n) is 13.8. The third-order valence-electron chi connectivity index (χ3n) is 4.46. The first-order valence-corrected chi connectivity index (χ1v) is 8.29. The molecule has 3 nitrogen and oxygen atoms in total. The predicted octanol–water partition coefficient (Wildman–Crippen LogP) is 4.18. The quantitative estimate of drug-likeness (QED) is 0.782. The molecule has 0 amide bonds. The zero-order valence-corrected chi connectivity index (χ0v) is 13.8. The molecule has 0 aliphatic carbocycles. The van der Waals surface area contributed by atoms with Crippen LogP contribution in [0, 0.1) is 0 Å². The van der Waals surface area contributed by atoms with Crippen molar-refractivity contribution in [2.75, 3.05) is 13.1 Å². The number of aliphatic imine (C=N–C) groups is 2. The summed E-state index contributed by atoms with van der Waals surface area (Å²) in [5.74, 6) is 0.863. The first kappa shape index (κ1) is 14.9. The molecule has 0 aromatic heterocycles. The summed E-state index contributed by atoms with van der Waals surface area (Å²) in [4.78, 5) is 9.65. The second kappa shape index (κ2) is 5.75. The van der Waals surface area contributed by atoms with Gasteiger partial charge in [0.05, 0.1) is 18.8 Å². The molecular weight excluding hydrogens is 296 g/mol. The van der Waals surface area contributed by atoms with E-state index < -0.39 is 5.60 Å². The molecule has 3 heteroatoms. The smallest absolute Gasteiger partial charge is 0.181 e. The van der Waals surface area contributed by atoms with Gasteiger partial charge >= 0.3 is 0 Å². The Labute approximate surface area is 142 Å². The number of ether oxygens (including phenoxy) is 1. The van der Waals surface area contributed by atoms with E-state index in [4.69, 9.17) is 14.7 Å². The molecule has 1 unspecified atom stereocenters. The fraction of sp³-hybridized carbons (Fsp3) is 0.238. The lowest BCUT2D eigenvalue weighted by molar-refractivity contribution is 0.139. The van der Waals surface area contributed by atoms with E-state index >= 15 is 0 Å². The largest absolute Gasteiger partial charge is 0.475 e. The number of rotatable bonds is 3. The van der Waals surface area contributed by atoms with E-state index in [9.17, 15) is 0 Å². The molecule has 0 saturated heterocycles. The maximum Gasteiger partial charge on any atom is 0.181 e. The summed E-state index contributed by atoms with van der Waals surface area (Å²) in [5.41, 5.74) is 4.43. The van der Waals surface area contributed by atoms with Crippen LogP contribution >= 0.6 is 0 Å². The summed E-state index contributed by atoms with van der Waals surface area (Å²) in [6.07, 6.45) is 0.684. The first-order chi connectivity index (χ1) is 11.7. The van der Waals surface area contributed by atoms with Crippen molar-refractivity contribution in [2.24, 2.45) is 9.98 Å². The Balaban J connectivity index is 1.98. The van der Waals surface area contributed by atoms with E-state index in [2.05, 4.69) is 24.8 Å². The average Bonchev–Trinajstić information content (AvgIpc) is 2.62. The van der Waals surface area contributed by atoms with E-state index in [0.717, 1.165) is 40.4 Å². The summed E-state index contributed by atoms with van der Waals surface area (Å²) in [6, 6.07) is 18.4. The highest BCUT2D eigenvalue weighted by Gasteiger charge is 2.47. The van der Waals surface area contributed by atoms with Crippen LogP contribution in [-0.2, 0) is 5.60 Å². The van der Waals surface area contributed by atoms with E-state index in [1.807, 2.05) is 43.3 Å². The predicted molar refractivity (Wildman–Crippen MR) is 98.3 cm³/mol. The Kier molecular flexibility index (Phi) is 3.57. The van der Waals surface area contributed by atoms with Gasteiger partial charge in [-0.25, -0.2) is 0 Å². The van der Waals surface area contributed by atoms with Crippen LogP contribution in [0.3, 0.4) is 0 Å². The van der Waals surface area contributed by atoms with Gasteiger partial charge in [0.1, 0.15) is 11.5 Å². The monoisotopic (exact) mass is 316 g/mol. The van der Waals surface area contributed by atoms with Crippen LogP contribution in [0.25, 0.3) is 0 Å². The number of fused-ring (bicyclic) bond motifs is 3. The SMILES string of the molecule is C=C(C)CC1(c2ccccc2)Oc2ccccc2C2=NCCN=C21. The molecule has 0 bridgehead atoms. The molecule has 0 N–H and O–H groups in total. The summed E-state index contributed by atoms with van der Waals surface area (Å²) in [6.45, 7) is 7.61. The molecule has 2 aliphatic rings. The van der Waals surface area contributed by atoms with Crippen molar-refractivity contribution in [1.82, 2.24) is 0 Å². The van der Waals surface area contributed by atoms with Crippen molar-refractivity contribution < 1.29 is 4.74 Å². The van der Waals surface area contributed by atoms with Gasteiger partial charge in [-0.05, 0) is 19.1 Å². The number of hydrogen-bond donors (Lipinski definition) is 0. The number of benzene rings is 2. The van der Waals surface area contributed by atoms with Gasteiger partial charge in [-0.2, -0.15) is 0 Å². The lowest BCUT2D eigenvalue weighted by atomic mass is 9.77. The molecule has 24 heavy (non-hydrogen) atoms. The fourth-order valence-electron chi connectivity index (χ4n) is 3.54. The van der Waals surface area contributed by atoms with Crippen LogP contribution in [-0.4, -0.2) is 24.5 Å². The molecule has 2 aliphatic heterocycles. The van der Waals surface area contributed by atoms with E-state index in [0.29, 0.717) is 13.0 Å². The number of para-hydroxylation sites is 1. The van der Waals surface area contributed by atoms with Crippen molar-refractivity contribution in [1.29, 1.82) is 0 Å². The summed E-state index contributed by atoms with van der Waals surface area (Å²) < 4.78 is 6.61. The molecule has 2 aromatic rings. The molecule has 2 heterocycles. The first-order valence-electron chi connectivity index (χ1n) is 8.29. The Morgan fingerprint density at radius 2 is 1.75 bits per heavy atom. The van der Waals surface area contributed by atoms with Crippen LogP contribution in [0.5, 0.6) is 5.75 Å². The normalized spacial score (nSPS) is 21.7. The van der Waals surface area contributed by atoms with Crippen molar-refractivity contribution in [2.45, 2.75) is 18.9 Å². The van der Waals surface area contributed by atoms with Gasteiger partial charge in [-0.1, -0.05) is 54.6 Å². The summed E-state index contributed by atoms with van der Waals surface area (Å²) >= 11 is 0. The molecule has 2 aromatic carbocycles. The molecule has 1 atom stereocenters. The highest BCUT2D eigenvalue weighted by atomic mass is 16.5. The van der Waals surface area contributed by atoms with Crippen LogP contribution in [0.15, 0.2) is 76.7 Å². The molecule has 0 radical (unpaired) electrons. The highest BCUT2D eigenvalue weighted by Crippen LogP contribution is 2.42. The maximum atomic E-state index is 6.61. The number of hydrogen-bond acceptors (Lipinski definition) is 3. The standard InChI is InChI=1S/C21H20N2O/c1-15(2)14-21(16-8-4-3-5-9-16)20-19(22-12-13-23-20)17-10-6-7-11-18(17)24-21/h3-11H,1,12-14H2,2H3. The Hall–Kier alpha value is -2.68. The van der Waals surface area contributed by atoms with E-state index in [-0.39, 0.29) is 0 Å². The average molecular weight is 316 g/mol. The fourth-order valence-corrected chi connectivity index (χ4v) is 3.54. The molecule has 0 spiro atoms. The minimum atomic E-state index is -0.652. The third kappa shape index (κ3) is 2.28. The molecule has 0 saturated carbocycles. The minimum absolute atomic E-state index is 0.652. The van der Waals surface area contributed by atoms with Gasteiger partial charge in [0.15, 0.2) is 5.60 Å². The maximum absolute atomic E-state index is 6.61. The molecule has 0 fully saturated rings. The minimum Gasteiger partial charge on any atom is -0.475 e. The topological polar surface area (TPSA) is 34.0 Å². The van der Waals surface area contributed by atoms with Gasteiger partial charge in [-0.15, -0.1) is 0 Å². The van der Waals surface area contributed by atoms with Crippen LogP contribution < -0.4 is 4.74 Å². The van der Waals surface area contributed by atoms with E-state index in [1.165, 1.54) is 0 Å². The zero-order chi connectivity index (χ0) is 16.6.